The maximum absolute atomic E-state index is 12.4. The first-order valence-corrected chi connectivity index (χ1v) is 7.54. The molecule has 0 bridgehead atoms. The summed E-state index contributed by atoms with van der Waals surface area (Å²) in [5.41, 5.74) is 2.66. The lowest BCUT2D eigenvalue weighted by atomic mass is 10.1. The van der Waals surface area contributed by atoms with Gasteiger partial charge in [0.1, 0.15) is 5.82 Å². The van der Waals surface area contributed by atoms with Gasteiger partial charge in [0.2, 0.25) is 5.91 Å². The molecule has 1 heterocycles. The molecule has 3 aromatic rings. The fourth-order valence-corrected chi connectivity index (χ4v) is 2.47. The first-order valence-electron chi connectivity index (χ1n) is 7.54. The minimum atomic E-state index is -0.0303. The second-order valence-electron chi connectivity index (χ2n) is 5.65. The van der Waals surface area contributed by atoms with Crippen LogP contribution in [-0.2, 0) is 11.2 Å². The van der Waals surface area contributed by atoms with E-state index in [1.807, 2.05) is 79.7 Å². The number of rotatable bonds is 4. The average molecular weight is 305 g/mol. The Bertz CT molecular complexity index is 828. The molecule has 0 aliphatic carbocycles. The van der Waals surface area contributed by atoms with Gasteiger partial charge in [-0.05, 0) is 11.6 Å². The van der Waals surface area contributed by atoms with E-state index in [1.54, 1.807) is 0 Å². The summed E-state index contributed by atoms with van der Waals surface area (Å²) in [5, 5.41) is 3.97. The highest BCUT2D eigenvalue weighted by Crippen LogP contribution is 2.26. The molecule has 4 nitrogen and oxygen atoms in total. The fourth-order valence-electron chi connectivity index (χ4n) is 2.47. The normalized spacial score (nSPS) is 10.5. The van der Waals surface area contributed by atoms with Crippen molar-refractivity contribution in [3.63, 3.8) is 0 Å². The number of amides is 1. The molecule has 2 aromatic carbocycles. The van der Waals surface area contributed by atoms with Gasteiger partial charge in [0.05, 0.1) is 17.6 Å². The maximum Gasteiger partial charge on any atom is 0.228 e. The van der Waals surface area contributed by atoms with Crippen LogP contribution in [0.15, 0.2) is 60.7 Å². The van der Waals surface area contributed by atoms with Crippen LogP contribution in [0.4, 0.5) is 11.5 Å². The second-order valence-corrected chi connectivity index (χ2v) is 5.65. The molecule has 116 valence electrons. The van der Waals surface area contributed by atoms with Crippen molar-refractivity contribution in [3.05, 3.63) is 66.2 Å². The Morgan fingerprint density at radius 3 is 2.48 bits per heavy atom. The van der Waals surface area contributed by atoms with Crippen molar-refractivity contribution < 1.29 is 4.79 Å². The Hall–Kier alpha value is -2.88. The summed E-state index contributed by atoms with van der Waals surface area (Å²) < 4.78 is 0. The quantitative estimate of drug-likeness (QED) is 0.802. The average Bonchev–Trinajstić information content (AvgIpc) is 2.55. The lowest BCUT2D eigenvalue weighted by Gasteiger charge is -2.15. The van der Waals surface area contributed by atoms with Gasteiger partial charge in [-0.15, -0.1) is 0 Å². The summed E-state index contributed by atoms with van der Waals surface area (Å²) in [4.78, 5) is 18.9. The Labute approximate surface area is 135 Å². The van der Waals surface area contributed by atoms with E-state index in [0.29, 0.717) is 6.42 Å². The Morgan fingerprint density at radius 1 is 1.04 bits per heavy atom. The number of para-hydroxylation sites is 1. The summed E-state index contributed by atoms with van der Waals surface area (Å²) in [5.74, 6) is 0.788. The van der Waals surface area contributed by atoms with E-state index in [4.69, 9.17) is 0 Å². The summed E-state index contributed by atoms with van der Waals surface area (Å²) >= 11 is 0. The van der Waals surface area contributed by atoms with Crippen LogP contribution in [0.2, 0.25) is 0 Å². The first-order chi connectivity index (χ1) is 11.1. The van der Waals surface area contributed by atoms with E-state index in [2.05, 4.69) is 10.3 Å². The van der Waals surface area contributed by atoms with E-state index in [1.165, 1.54) is 0 Å². The van der Waals surface area contributed by atoms with Crippen LogP contribution in [0, 0.1) is 0 Å². The zero-order valence-electron chi connectivity index (χ0n) is 13.3. The number of nitrogens with zero attached hydrogens (tertiary/aromatic N) is 2. The lowest BCUT2D eigenvalue weighted by molar-refractivity contribution is -0.115. The number of benzene rings is 2. The minimum absolute atomic E-state index is 0.0303. The van der Waals surface area contributed by atoms with Gasteiger partial charge in [0.15, 0.2) is 0 Å². The molecule has 1 amide bonds. The molecule has 1 N–H and O–H groups in total. The number of fused-ring (bicyclic) bond motifs is 1. The number of hydrogen-bond acceptors (Lipinski definition) is 3. The molecule has 4 heteroatoms. The summed E-state index contributed by atoms with van der Waals surface area (Å²) in [7, 11) is 3.87. The van der Waals surface area contributed by atoms with Gasteiger partial charge in [-0.1, -0.05) is 48.5 Å². The molecule has 23 heavy (non-hydrogen) atoms. The van der Waals surface area contributed by atoms with Crippen molar-refractivity contribution >= 4 is 28.3 Å². The smallest absolute Gasteiger partial charge is 0.228 e. The van der Waals surface area contributed by atoms with Crippen LogP contribution < -0.4 is 10.2 Å². The first kappa shape index (κ1) is 15.0. The number of aromatic nitrogens is 1. The Morgan fingerprint density at radius 2 is 1.74 bits per heavy atom. The van der Waals surface area contributed by atoms with Crippen LogP contribution in [0.5, 0.6) is 0 Å². The number of pyridine rings is 1. The molecule has 0 radical (unpaired) electrons. The second kappa shape index (κ2) is 6.48. The molecule has 0 atom stereocenters. The van der Waals surface area contributed by atoms with Crippen LogP contribution >= 0.6 is 0 Å². The van der Waals surface area contributed by atoms with Crippen LogP contribution in [0.25, 0.3) is 10.9 Å². The predicted octanol–water partition coefficient (Wildman–Crippen LogP) is 3.48. The highest BCUT2D eigenvalue weighted by Gasteiger charge is 2.10. The van der Waals surface area contributed by atoms with Crippen molar-refractivity contribution in [1.29, 1.82) is 0 Å². The lowest BCUT2D eigenvalue weighted by Crippen LogP contribution is -2.16. The van der Waals surface area contributed by atoms with E-state index in [-0.39, 0.29) is 5.91 Å². The zero-order chi connectivity index (χ0) is 16.2. The van der Waals surface area contributed by atoms with Crippen molar-refractivity contribution in [1.82, 2.24) is 4.98 Å². The molecule has 0 aliphatic heterocycles. The van der Waals surface area contributed by atoms with Gasteiger partial charge in [0.25, 0.3) is 0 Å². The third kappa shape index (κ3) is 3.48. The van der Waals surface area contributed by atoms with E-state index in [0.717, 1.165) is 28.0 Å². The molecule has 3 rings (SSSR count). The highest BCUT2D eigenvalue weighted by molar-refractivity contribution is 6.02. The molecular formula is C19H19N3O. The summed E-state index contributed by atoms with van der Waals surface area (Å²) in [6, 6.07) is 19.5. The van der Waals surface area contributed by atoms with E-state index >= 15 is 0 Å². The third-order valence-corrected chi connectivity index (χ3v) is 3.64. The highest BCUT2D eigenvalue weighted by atomic mass is 16.1. The fraction of sp³-hybridized carbons (Fsp3) is 0.158. The molecule has 1 aromatic heterocycles. The number of carbonyl (C=O) groups excluding carboxylic acids is 1. The van der Waals surface area contributed by atoms with Crippen molar-refractivity contribution in [2.45, 2.75) is 6.42 Å². The van der Waals surface area contributed by atoms with Gasteiger partial charge >= 0.3 is 0 Å². The van der Waals surface area contributed by atoms with E-state index in [9.17, 15) is 4.79 Å². The summed E-state index contributed by atoms with van der Waals surface area (Å²) in [6.45, 7) is 0. The van der Waals surface area contributed by atoms with Gasteiger partial charge < -0.3 is 10.2 Å². The van der Waals surface area contributed by atoms with Crippen LogP contribution in [0.3, 0.4) is 0 Å². The van der Waals surface area contributed by atoms with Gasteiger partial charge in [-0.2, -0.15) is 0 Å². The van der Waals surface area contributed by atoms with Gasteiger partial charge in [-0.25, -0.2) is 4.98 Å². The Kier molecular flexibility index (Phi) is 4.24. The topological polar surface area (TPSA) is 45.2 Å². The van der Waals surface area contributed by atoms with Crippen LogP contribution in [-0.4, -0.2) is 25.0 Å². The van der Waals surface area contributed by atoms with E-state index < -0.39 is 0 Å². The minimum Gasteiger partial charge on any atom is -0.363 e. The molecule has 0 fully saturated rings. The Balaban J connectivity index is 1.90. The molecule has 0 saturated heterocycles. The number of nitrogens with one attached hydrogen (secondary N) is 1. The van der Waals surface area contributed by atoms with Crippen molar-refractivity contribution in [2.75, 3.05) is 24.3 Å². The van der Waals surface area contributed by atoms with Gasteiger partial charge in [-0.3, -0.25) is 4.79 Å². The third-order valence-electron chi connectivity index (χ3n) is 3.64. The SMILES string of the molecule is CN(C)c1cc(NC(=O)Cc2ccccc2)c2ccccc2n1. The van der Waals surface area contributed by atoms with Crippen molar-refractivity contribution in [3.8, 4) is 0 Å². The van der Waals surface area contributed by atoms with Crippen molar-refractivity contribution in [2.24, 2.45) is 0 Å². The molecule has 0 saturated carbocycles. The monoisotopic (exact) mass is 305 g/mol. The number of anilines is 2. The van der Waals surface area contributed by atoms with Gasteiger partial charge in [0, 0.05) is 25.5 Å². The summed E-state index contributed by atoms with van der Waals surface area (Å²) in [6.07, 6.45) is 0.356. The molecule has 0 aliphatic rings. The number of hydrogen-bond donors (Lipinski definition) is 1. The molecule has 0 unspecified atom stereocenters. The van der Waals surface area contributed by atoms with Crippen LogP contribution in [0.1, 0.15) is 5.56 Å². The zero-order valence-corrected chi connectivity index (χ0v) is 13.3. The molecule has 0 spiro atoms. The standard InChI is InChI=1S/C19H19N3O/c1-22(2)18-13-17(15-10-6-7-11-16(15)20-18)21-19(23)12-14-8-4-3-5-9-14/h3-11,13H,12H2,1-2H3,(H,20,21,23). The molecular weight excluding hydrogens is 286 g/mol. The maximum atomic E-state index is 12.4. The largest absolute Gasteiger partial charge is 0.363 e. The number of carbonyl (C=O) groups is 1. The predicted molar refractivity (Wildman–Crippen MR) is 94.8 cm³/mol.